The number of aryl methyl sites for hydroxylation is 1. The van der Waals surface area contributed by atoms with E-state index in [0.717, 1.165) is 55.6 Å². The normalized spacial score (nSPS) is 14.4. The van der Waals surface area contributed by atoms with Crippen LogP contribution in [0.1, 0.15) is 77.8 Å². The van der Waals surface area contributed by atoms with Crippen molar-refractivity contribution in [3.63, 3.8) is 0 Å². The summed E-state index contributed by atoms with van der Waals surface area (Å²) in [4.78, 5) is 29.1. The number of ketones is 1. The van der Waals surface area contributed by atoms with Gasteiger partial charge in [0.25, 0.3) is 0 Å². The van der Waals surface area contributed by atoms with Gasteiger partial charge in [0.15, 0.2) is 0 Å². The molecule has 2 aromatic carbocycles. The minimum atomic E-state index is -0.937. The Labute approximate surface area is 188 Å². The Morgan fingerprint density at radius 3 is 2.44 bits per heavy atom. The van der Waals surface area contributed by atoms with Crippen molar-refractivity contribution in [2.75, 3.05) is 0 Å². The molecule has 0 radical (unpaired) electrons. The van der Waals surface area contributed by atoms with Crippen LogP contribution in [0.2, 0.25) is 0 Å². The van der Waals surface area contributed by atoms with Crippen LogP contribution in [-0.4, -0.2) is 31.6 Å². The maximum Gasteiger partial charge on any atom is 0.336 e. The highest BCUT2D eigenvalue weighted by atomic mass is 16.4. The molecule has 0 atom stereocenters. The number of hydrogen-bond acceptors (Lipinski definition) is 4. The number of benzene rings is 2. The number of hydrogen-bond donors (Lipinski definition) is 1. The molecule has 1 aliphatic carbocycles. The van der Waals surface area contributed by atoms with Crippen LogP contribution in [0.3, 0.4) is 0 Å². The SMILES string of the molecule is CCCn1nc(C(=O)C2CCCCC2)nc1Cc1ccc(-c2ccccc2C(=O)O)cc1. The van der Waals surface area contributed by atoms with Crippen LogP contribution in [0.15, 0.2) is 48.5 Å². The number of aromatic nitrogens is 3. The summed E-state index contributed by atoms with van der Waals surface area (Å²) in [5, 5.41) is 14.0. The van der Waals surface area contributed by atoms with Crippen molar-refractivity contribution in [2.45, 2.75) is 58.4 Å². The van der Waals surface area contributed by atoms with E-state index >= 15 is 0 Å². The van der Waals surface area contributed by atoms with E-state index in [2.05, 4.69) is 17.0 Å². The number of Topliss-reactive ketones (excluding diaryl/α,β-unsaturated/α-hetero) is 1. The van der Waals surface area contributed by atoms with E-state index in [1.807, 2.05) is 41.1 Å². The maximum atomic E-state index is 12.9. The zero-order valence-electron chi connectivity index (χ0n) is 18.5. The molecule has 3 aromatic rings. The molecule has 0 bridgehead atoms. The summed E-state index contributed by atoms with van der Waals surface area (Å²) in [5.41, 5.74) is 2.88. The van der Waals surface area contributed by atoms with Crippen molar-refractivity contribution < 1.29 is 14.7 Å². The Kier molecular flexibility index (Phi) is 6.78. The van der Waals surface area contributed by atoms with E-state index in [1.54, 1.807) is 12.1 Å². The van der Waals surface area contributed by atoms with Crippen LogP contribution < -0.4 is 0 Å². The second kappa shape index (κ2) is 9.90. The summed E-state index contributed by atoms with van der Waals surface area (Å²) in [7, 11) is 0. The first-order chi connectivity index (χ1) is 15.6. The number of aromatic carboxylic acids is 1. The number of carbonyl (C=O) groups is 2. The average molecular weight is 432 g/mol. The van der Waals surface area contributed by atoms with Crippen molar-refractivity contribution in [3.8, 4) is 11.1 Å². The molecule has 0 unspecified atom stereocenters. The molecule has 4 rings (SSSR count). The predicted molar refractivity (Wildman–Crippen MR) is 123 cm³/mol. The third-order valence-corrected chi connectivity index (χ3v) is 6.16. The first-order valence-electron chi connectivity index (χ1n) is 11.5. The summed E-state index contributed by atoms with van der Waals surface area (Å²) < 4.78 is 1.86. The Balaban J connectivity index is 1.55. The number of nitrogens with zero attached hydrogens (tertiary/aromatic N) is 3. The fourth-order valence-electron chi connectivity index (χ4n) is 4.45. The molecular weight excluding hydrogens is 402 g/mol. The standard InChI is InChI=1S/C26H29N3O3/c1-2-16-29-23(27-25(28-29)24(30)20-8-4-3-5-9-20)17-18-12-14-19(15-13-18)21-10-6-7-11-22(21)26(31)32/h6-7,10-15,20H,2-5,8-9,16-17H2,1H3,(H,31,32). The molecule has 1 saturated carbocycles. The topological polar surface area (TPSA) is 85.1 Å². The van der Waals surface area contributed by atoms with Crippen LogP contribution in [0, 0.1) is 5.92 Å². The van der Waals surface area contributed by atoms with Gasteiger partial charge in [0.05, 0.1) is 5.56 Å². The smallest absolute Gasteiger partial charge is 0.336 e. The number of carboxylic acid groups (broad SMARTS) is 1. The summed E-state index contributed by atoms with van der Waals surface area (Å²) in [6.45, 7) is 2.81. The van der Waals surface area contributed by atoms with Gasteiger partial charge in [0, 0.05) is 18.9 Å². The third-order valence-electron chi connectivity index (χ3n) is 6.16. The van der Waals surface area contributed by atoms with Gasteiger partial charge >= 0.3 is 5.97 Å². The number of carbonyl (C=O) groups excluding carboxylic acids is 1. The van der Waals surface area contributed by atoms with Gasteiger partial charge in [-0.15, -0.1) is 5.10 Å². The van der Waals surface area contributed by atoms with Gasteiger partial charge < -0.3 is 5.11 Å². The van der Waals surface area contributed by atoms with Crippen molar-refractivity contribution in [1.82, 2.24) is 14.8 Å². The molecule has 1 N–H and O–H groups in total. The third kappa shape index (κ3) is 4.79. The van der Waals surface area contributed by atoms with Crippen LogP contribution in [0.25, 0.3) is 11.1 Å². The summed E-state index contributed by atoms with van der Waals surface area (Å²) in [6, 6.07) is 14.9. The van der Waals surface area contributed by atoms with Crippen molar-refractivity contribution in [1.29, 1.82) is 0 Å². The quantitative estimate of drug-likeness (QED) is 0.482. The molecule has 0 saturated heterocycles. The van der Waals surface area contributed by atoms with E-state index in [9.17, 15) is 14.7 Å². The van der Waals surface area contributed by atoms with Crippen LogP contribution in [0.5, 0.6) is 0 Å². The fraction of sp³-hybridized carbons (Fsp3) is 0.385. The fourth-order valence-corrected chi connectivity index (χ4v) is 4.45. The molecule has 1 aromatic heterocycles. The van der Waals surface area contributed by atoms with E-state index in [4.69, 9.17) is 0 Å². The molecule has 32 heavy (non-hydrogen) atoms. The lowest BCUT2D eigenvalue weighted by molar-refractivity contribution is 0.0697. The van der Waals surface area contributed by atoms with Gasteiger partial charge in [-0.2, -0.15) is 0 Å². The van der Waals surface area contributed by atoms with Crippen molar-refractivity contribution in [3.05, 3.63) is 71.3 Å². The Morgan fingerprint density at radius 1 is 1.03 bits per heavy atom. The summed E-state index contributed by atoms with van der Waals surface area (Å²) in [6.07, 6.45) is 6.79. The molecule has 0 amide bonds. The highest BCUT2D eigenvalue weighted by Gasteiger charge is 2.26. The van der Waals surface area contributed by atoms with Crippen LogP contribution in [-0.2, 0) is 13.0 Å². The van der Waals surface area contributed by atoms with Crippen LogP contribution >= 0.6 is 0 Å². The maximum absolute atomic E-state index is 12.9. The first-order valence-corrected chi connectivity index (χ1v) is 11.5. The molecule has 6 nitrogen and oxygen atoms in total. The molecule has 6 heteroatoms. The predicted octanol–water partition coefficient (Wildman–Crippen LogP) is 5.41. The van der Waals surface area contributed by atoms with E-state index < -0.39 is 5.97 Å². The van der Waals surface area contributed by atoms with Crippen LogP contribution in [0.4, 0.5) is 0 Å². The average Bonchev–Trinajstić information content (AvgIpc) is 3.22. The highest BCUT2D eigenvalue weighted by Crippen LogP contribution is 2.27. The largest absolute Gasteiger partial charge is 0.478 e. The van der Waals surface area contributed by atoms with E-state index in [0.29, 0.717) is 17.8 Å². The zero-order valence-corrected chi connectivity index (χ0v) is 18.5. The second-order valence-electron chi connectivity index (χ2n) is 8.50. The van der Waals surface area contributed by atoms with Gasteiger partial charge in [0.2, 0.25) is 11.6 Å². The van der Waals surface area contributed by atoms with Gasteiger partial charge in [-0.25, -0.2) is 14.5 Å². The summed E-state index contributed by atoms with van der Waals surface area (Å²) >= 11 is 0. The van der Waals surface area contributed by atoms with Gasteiger partial charge in [-0.05, 0) is 42.0 Å². The molecule has 166 valence electrons. The monoisotopic (exact) mass is 431 g/mol. The van der Waals surface area contributed by atoms with E-state index in [1.165, 1.54) is 6.42 Å². The molecule has 0 aliphatic heterocycles. The lowest BCUT2D eigenvalue weighted by Crippen LogP contribution is -2.19. The Morgan fingerprint density at radius 2 is 1.75 bits per heavy atom. The molecule has 1 heterocycles. The minimum Gasteiger partial charge on any atom is -0.478 e. The lowest BCUT2D eigenvalue weighted by Gasteiger charge is -2.18. The first kappa shape index (κ1) is 21.9. The highest BCUT2D eigenvalue weighted by molar-refractivity contribution is 5.96. The number of rotatable bonds is 8. The lowest BCUT2D eigenvalue weighted by atomic mass is 9.86. The molecule has 1 fully saturated rings. The minimum absolute atomic E-state index is 0.0580. The Bertz CT molecular complexity index is 1100. The molecule has 0 spiro atoms. The zero-order chi connectivity index (χ0) is 22.5. The van der Waals surface area contributed by atoms with Gasteiger partial charge in [-0.3, -0.25) is 4.79 Å². The van der Waals surface area contributed by atoms with Crippen molar-refractivity contribution >= 4 is 11.8 Å². The molecule has 1 aliphatic rings. The summed E-state index contributed by atoms with van der Waals surface area (Å²) in [5.74, 6) is 0.355. The molecular formula is C26H29N3O3. The second-order valence-corrected chi connectivity index (χ2v) is 8.50. The Hall–Kier alpha value is -3.28. The van der Waals surface area contributed by atoms with E-state index in [-0.39, 0.29) is 17.3 Å². The van der Waals surface area contributed by atoms with Crippen molar-refractivity contribution in [2.24, 2.45) is 5.92 Å². The van der Waals surface area contributed by atoms with Gasteiger partial charge in [0.1, 0.15) is 5.82 Å². The number of carboxylic acids is 1. The van der Waals surface area contributed by atoms with Gasteiger partial charge in [-0.1, -0.05) is 68.7 Å².